The SMILES string of the molecule is CCc1ccc(S(=O)(=O)N2CCC(NCC3CC3)CC2)cc1CC. The molecular weight excluding hydrogens is 320 g/mol. The predicted octanol–water partition coefficient (Wildman–Crippen LogP) is 2.96. The number of hydrogen-bond donors (Lipinski definition) is 1. The summed E-state index contributed by atoms with van der Waals surface area (Å²) >= 11 is 0. The maximum absolute atomic E-state index is 12.9. The third-order valence-corrected chi connectivity index (χ3v) is 7.32. The molecule has 1 saturated heterocycles. The Balaban J connectivity index is 1.65. The van der Waals surface area contributed by atoms with Crippen molar-refractivity contribution in [2.45, 2.75) is 63.3 Å². The number of nitrogens with one attached hydrogen (secondary N) is 1. The summed E-state index contributed by atoms with van der Waals surface area (Å²) < 4.78 is 27.6. The number of benzene rings is 1. The molecule has 5 heteroatoms. The molecule has 0 spiro atoms. The second kappa shape index (κ2) is 7.54. The van der Waals surface area contributed by atoms with Crippen LogP contribution in [0.2, 0.25) is 0 Å². The second-order valence-electron chi connectivity index (χ2n) is 7.17. The molecule has 1 aliphatic carbocycles. The van der Waals surface area contributed by atoms with Crippen LogP contribution in [0.15, 0.2) is 23.1 Å². The van der Waals surface area contributed by atoms with E-state index < -0.39 is 10.0 Å². The highest BCUT2D eigenvalue weighted by atomic mass is 32.2. The van der Waals surface area contributed by atoms with Crippen molar-refractivity contribution in [3.8, 4) is 0 Å². The van der Waals surface area contributed by atoms with E-state index >= 15 is 0 Å². The number of aryl methyl sites for hydroxylation is 2. The van der Waals surface area contributed by atoms with Gasteiger partial charge in [-0.1, -0.05) is 19.9 Å². The van der Waals surface area contributed by atoms with E-state index in [4.69, 9.17) is 0 Å². The van der Waals surface area contributed by atoms with Crippen LogP contribution >= 0.6 is 0 Å². The Labute approximate surface area is 146 Å². The van der Waals surface area contributed by atoms with Gasteiger partial charge in [0.05, 0.1) is 4.90 Å². The quantitative estimate of drug-likeness (QED) is 0.822. The van der Waals surface area contributed by atoms with Gasteiger partial charge in [0, 0.05) is 19.1 Å². The maximum atomic E-state index is 12.9. The highest BCUT2D eigenvalue weighted by molar-refractivity contribution is 7.89. The molecule has 4 nitrogen and oxygen atoms in total. The zero-order valence-electron chi connectivity index (χ0n) is 14.9. The van der Waals surface area contributed by atoms with E-state index in [0.29, 0.717) is 24.0 Å². The predicted molar refractivity (Wildman–Crippen MR) is 97.7 cm³/mol. The largest absolute Gasteiger partial charge is 0.314 e. The van der Waals surface area contributed by atoms with Crippen molar-refractivity contribution in [1.29, 1.82) is 0 Å². The molecule has 0 radical (unpaired) electrons. The first kappa shape index (κ1) is 17.9. The van der Waals surface area contributed by atoms with Gasteiger partial charge in [0.2, 0.25) is 10.0 Å². The fourth-order valence-electron chi connectivity index (χ4n) is 3.54. The third kappa shape index (κ3) is 4.01. The third-order valence-electron chi connectivity index (χ3n) is 5.42. The molecule has 1 aromatic rings. The van der Waals surface area contributed by atoms with Gasteiger partial charge in [0.25, 0.3) is 0 Å². The summed E-state index contributed by atoms with van der Waals surface area (Å²) in [5.74, 6) is 0.872. The van der Waals surface area contributed by atoms with Crippen molar-refractivity contribution < 1.29 is 8.42 Å². The first-order chi connectivity index (χ1) is 11.5. The number of nitrogens with zero attached hydrogens (tertiary/aromatic N) is 1. The maximum Gasteiger partial charge on any atom is 0.243 e. The van der Waals surface area contributed by atoms with Gasteiger partial charge in [-0.15, -0.1) is 0 Å². The zero-order valence-corrected chi connectivity index (χ0v) is 15.7. The molecule has 1 aromatic carbocycles. The van der Waals surface area contributed by atoms with Crippen LogP contribution in [0.4, 0.5) is 0 Å². The van der Waals surface area contributed by atoms with Crippen molar-refractivity contribution in [3.05, 3.63) is 29.3 Å². The Morgan fingerprint density at radius 1 is 1.04 bits per heavy atom. The van der Waals surface area contributed by atoms with E-state index in [1.807, 2.05) is 12.1 Å². The molecule has 1 N–H and O–H groups in total. The zero-order chi connectivity index (χ0) is 17.2. The van der Waals surface area contributed by atoms with E-state index in [1.165, 1.54) is 18.4 Å². The summed E-state index contributed by atoms with van der Waals surface area (Å²) in [5.41, 5.74) is 2.40. The summed E-state index contributed by atoms with van der Waals surface area (Å²) in [6.45, 7) is 6.56. The van der Waals surface area contributed by atoms with Gasteiger partial charge < -0.3 is 5.32 Å². The van der Waals surface area contributed by atoms with Crippen LogP contribution in [0.25, 0.3) is 0 Å². The van der Waals surface area contributed by atoms with Crippen LogP contribution in [-0.2, 0) is 22.9 Å². The van der Waals surface area contributed by atoms with E-state index in [-0.39, 0.29) is 0 Å². The van der Waals surface area contributed by atoms with E-state index in [2.05, 4.69) is 19.2 Å². The molecule has 0 amide bonds. The average Bonchev–Trinajstić information content (AvgIpc) is 3.44. The van der Waals surface area contributed by atoms with Gasteiger partial charge >= 0.3 is 0 Å². The molecule has 24 heavy (non-hydrogen) atoms. The molecule has 0 unspecified atom stereocenters. The Morgan fingerprint density at radius 2 is 1.71 bits per heavy atom. The Bertz CT molecular complexity index is 660. The van der Waals surface area contributed by atoms with E-state index in [0.717, 1.165) is 43.7 Å². The van der Waals surface area contributed by atoms with Crippen LogP contribution in [0.1, 0.15) is 50.7 Å². The highest BCUT2D eigenvalue weighted by Gasteiger charge is 2.30. The smallest absolute Gasteiger partial charge is 0.243 e. The van der Waals surface area contributed by atoms with Gasteiger partial charge in [-0.25, -0.2) is 8.42 Å². The lowest BCUT2D eigenvalue weighted by atomic mass is 10.0. The Kier molecular flexibility index (Phi) is 5.63. The van der Waals surface area contributed by atoms with Gasteiger partial charge in [-0.05, 0) is 74.2 Å². The van der Waals surface area contributed by atoms with Gasteiger partial charge in [0.15, 0.2) is 0 Å². The molecule has 0 aromatic heterocycles. The van der Waals surface area contributed by atoms with Crippen molar-refractivity contribution in [2.24, 2.45) is 5.92 Å². The number of sulfonamides is 1. The first-order valence-corrected chi connectivity index (χ1v) is 10.8. The summed E-state index contributed by atoms with van der Waals surface area (Å²) in [6, 6.07) is 6.12. The van der Waals surface area contributed by atoms with Crippen molar-refractivity contribution in [1.82, 2.24) is 9.62 Å². The summed E-state index contributed by atoms with van der Waals surface area (Å²) in [5, 5.41) is 3.61. The average molecular weight is 351 g/mol. The number of hydrogen-bond acceptors (Lipinski definition) is 3. The van der Waals surface area contributed by atoms with Gasteiger partial charge in [-0.3, -0.25) is 0 Å². The van der Waals surface area contributed by atoms with Crippen LogP contribution in [0.3, 0.4) is 0 Å². The van der Waals surface area contributed by atoms with E-state index in [9.17, 15) is 8.42 Å². The lowest BCUT2D eigenvalue weighted by Gasteiger charge is -2.32. The summed E-state index contributed by atoms with van der Waals surface area (Å²) in [6.07, 6.45) is 6.36. The number of rotatable bonds is 7. The van der Waals surface area contributed by atoms with Crippen LogP contribution in [-0.4, -0.2) is 38.4 Å². The van der Waals surface area contributed by atoms with Crippen LogP contribution in [0.5, 0.6) is 0 Å². The molecule has 1 aliphatic heterocycles. The summed E-state index contributed by atoms with van der Waals surface area (Å²) in [4.78, 5) is 0.459. The standard InChI is InChI=1S/C19H30N2O2S/c1-3-16-7-8-19(13-17(16)4-2)24(22,23)21-11-9-18(10-12-21)20-14-15-5-6-15/h7-8,13,15,18,20H,3-6,9-12,14H2,1-2H3. The van der Waals surface area contributed by atoms with Crippen molar-refractivity contribution in [3.63, 3.8) is 0 Å². The monoisotopic (exact) mass is 350 g/mol. The Morgan fingerprint density at radius 3 is 2.29 bits per heavy atom. The molecule has 0 atom stereocenters. The normalized spacial score (nSPS) is 20.4. The van der Waals surface area contributed by atoms with E-state index in [1.54, 1.807) is 10.4 Å². The fraction of sp³-hybridized carbons (Fsp3) is 0.684. The van der Waals surface area contributed by atoms with Crippen LogP contribution in [0, 0.1) is 5.92 Å². The lowest BCUT2D eigenvalue weighted by molar-refractivity contribution is 0.288. The molecule has 3 rings (SSSR count). The molecule has 1 heterocycles. The van der Waals surface area contributed by atoms with Gasteiger partial charge in [0.1, 0.15) is 0 Å². The molecule has 0 bridgehead atoms. The fourth-order valence-corrected chi connectivity index (χ4v) is 5.06. The van der Waals surface area contributed by atoms with Crippen molar-refractivity contribution in [2.75, 3.05) is 19.6 Å². The molecule has 1 saturated carbocycles. The van der Waals surface area contributed by atoms with Crippen LogP contribution < -0.4 is 5.32 Å². The number of piperidine rings is 1. The highest BCUT2D eigenvalue weighted by Crippen LogP contribution is 2.28. The first-order valence-electron chi connectivity index (χ1n) is 9.40. The molecular formula is C19H30N2O2S. The molecule has 134 valence electrons. The minimum absolute atomic E-state index is 0.459. The van der Waals surface area contributed by atoms with Gasteiger partial charge in [-0.2, -0.15) is 4.31 Å². The Hall–Kier alpha value is -0.910. The molecule has 2 aliphatic rings. The minimum atomic E-state index is -3.36. The lowest BCUT2D eigenvalue weighted by Crippen LogP contribution is -2.45. The topological polar surface area (TPSA) is 49.4 Å². The molecule has 2 fully saturated rings. The minimum Gasteiger partial charge on any atom is -0.314 e. The van der Waals surface area contributed by atoms with Crippen molar-refractivity contribution >= 4 is 10.0 Å². The summed E-state index contributed by atoms with van der Waals surface area (Å²) in [7, 11) is -3.36. The second-order valence-corrected chi connectivity index (χ2v) is 9.11.